The van der Waals surface area contributed by atoms with Gasteiger partial charge < -0.3 is 10.4 Å². The van der Waals surface area contributed by atoms with E-state index in [9.17, 15) is 4.79 Å². The largest absolute Gasteiger partial charge is 0.396 e. The van der Waals surface area contributed by atoms with E-state index in [0.717, 1.165) is 12.8 Å². The van der Waals surface area contributed by atoms with E-state index in [0.29, 0.717) is 15.8 Å². The smallest absolute Gasteiger partial charge is 0.261 e. The maximum Gasteiger partial charge on any atom is 0.261 e. The minimum atomic E-state index is -0.0618. The van der Waals surface area contributed by atoms with Gasteiger partial charge in [0.15, 0.2) is 0 Å². The van der Waals surface area contributed by atoms with Crippen LogP contribution in [-0.2, 0) is 0 Å². The number of carbonyl (C=O) groups excluding carboxylic acids is 1. The number of carbonyl (C=O) groups is 1. The van der Waals surface area contributed by atoms with Crippen LogP contribution in [0.3, 0.4) is 0 Å². The highest BCUT2D eigenvalue weighted by Crippen LogP contribution is 2.27. The average Bonchev–Trinajstić information content (AvgIpc) is 2.57. The van der Waals surface area contributed by atoms with Gasteiger partial charge in [-0.05, 0) is 24.8 Å². The molecule has 0 saturated heterocycles. The van der Waals surface area contributed by atoms with Gasteiger partial charge >= 0.3 is 0 Å². The quantitative estimate of drug-likeness (QED) is 0.855. The second-order valence-electron chi connectivity index (χ2n) is 3.82. The fourth-order valence-electron chi connectivity index (χ4n) is 1.69. The molecule has 1 aliphatic carbocycles. The van der Waals surface area contributed by atoms with Crippen molar-refractivity contribution in [2.45, 2.75) is 18.9 Å². The molecule has 15 heavy (non-hydrogen) atoms. The van der Waals surface area contributed by atoms with Gasteiger partial charge in [0.25, 0.3) is 5.91 Å². The molecule has 1 aromatic heterocycles. The summed E-state index contributed by atoms with van der Waals surface area (Å²) in [6.45, 7) is 0.219. The van der Waals surface area contributed by atoms with Crippen LogP contribution in [0.5, 0.6) is 0 Å². The van der Waals surface area contributed by atoms with E-state index >= 15 is 0 Å². The van der Waals surface area contributed by atoms with E-state index in [1.807, 2.05) is 0 Å². The summed E-state index contributed by atoms with van der Waals surface area (Å²) in [5.74, 6) is 0.301. The number of nitrogens with one attached hydrogen (secondary N) is 1. The van der Waals surface area contributed by atoms with Crippen molar-refractivity contribution in [1.82, 2.24) is 5.32 Å². The molecule has 0 radical (unpaired) electrons. The Balaban J connectivity index is 1.84. The molecular formula is C10H12ClNO2S. The van der Waals surface area contributed by atoms with Gasteiger partial charge in [0.05, 0.1) is 9.90 Å². The topological polar surface area (TPSA) is 49.3 Å². The number of aliphatic hydroxyl groups excluding tert-OH is 1. The van der Waals surface area contributed by atoms with E-state index in [-0.39, 0.29) is 18.6 Å². The molecule has 1 aromatic rings. The number of hydrogen-bond acceptors (Lipinski definition) is 3. The molecule has 1 saturated carbocycles. The van der Waals surface area contributed by atoms with Gasteiger partial charge in [-0.3, -0.25) is 4.79 Å². The molecule has 3 nitrogen and oxygen atoms in total. The molecule has 0 atom stereocenters. The second-order valence-corrected chi connectivity index (χ2v) is 5.17. The zero-order valence-electron chi connectivity index (χ0n) is 8.07. The highest BCUT2D eigenvalue weighted by molar-refractivity contribution is 7.12. The number of hydrogen-bond donors (Lipinski definition) is 2. The highest BCUT2D eigenvalue weighted by atomic mass is 35.5. The van der Waals surface area contributed by atoms with Crippen LogP contribution in [0.4, 0.5) is 0 Å². The molecule has 0 aromatic carbocycles. The summed E-state index contributed by atoms with van der Waals surface area (Å²) >= 11 is 7.08. The lowest BCUT2D eigenvalue weighted by molar-refractivity contribution is 0.0836. The Hall–Kier alpha value is -0.580. The van der Waals surface area contributed by atoms with E-state index in [2.05, 4.69) is 5.32 Å². The zero-order valence-corrected chi connectivity index (χ0v) is 9.64. The van der Waals surface area contributed by atoms with Gasteiger partial charge in [-0.1, -0.05) is 11.6 Å². The lowest BCUT2D eigenvalue weighted by Gasteiger charge is -2.34. The van der Waals surface area contributed by atoms with Crippen LogP contribution in [0, 0.1) is 5.92 Å². The fourth-order valence-corrected chi connectivity index (χ4v) is 2.67. The van der Waals surface area contributed by atoms with Crippen LogP contribution < -0.4 is 5.32 Å². The Morgan fingerprint density at radius 2 is 2.40 bits per heavy atom. The number of halogens is 1. The first kappa shape index (κ1) is 10.9. The van der Waals surface area contributed by atoms with E-state index in [4.69, 9.17) is 16.7 Å². The van der Waals surface area contributed by atoms with Crippen LogP contribution in [-0.4, -0.2) is 23.7 Å². The summed E-state index contributed by atoms with van der Waals surface area (Å²) in [5.41, 5.74) is 0. The van der Waals surface area contributed by atoms with Crippen LogP contribution >= 0.6 is 22.9 Å². The SMILES string of the molecule is O=C(NC1CC(CO)C1)c1cc(Cl)cs1. The molecule has 0 spiro atoms. The van der Waals surface area contributed by atoms with Gasteiger partial charge in [0, 0.05) is 18.0 Å². The van der Waals surface area contributed by atoms with E-state index < -0.39 is 0 Å². The molecular weight excluding hydrogens is 234 g/mol. The van der Waals surface area contributed by atoms with Crippen molar-refractivity contribution >= 4 is 28.8 Å². The third-order valence-electron chi connectivity index (χ3n) is 2.62. The first-order chi connectivity index (χ1) is 7.19. The first-order valence-electron chi connectivity index (χ1n) is 4.85. The number of aliphatic hydroxyl groups is 1. The normalized spacial score (nSPS) is 24.7. The summed E-state index contributed by atoms with van der Waals surface area (Å²) in [5, 5.41) is 14.1. The lowest BCUT2D eigenvalue weighted by atomic mass is 9.81. The molecule has 1 heterocycles. The minimum absolute atomic E-state index is 0.0618. The molecule has 2 N–H and O–H groups in total. The van der Waals surface area contributed by atoms with Crippen LogP contribution in [0.1, 0.15) is 22.5 Å². The highest BCUT2D eigenvalue weighted by Gasteiger charge is 2.29. The van der Waals surface area contributed by atoms with Gasteiger partial charge in [-0.15, -0.1) is 11.3 Å². The van der Waals surface area contributed by atoms with Gasteiger partial charge in [0.2, 0.25) is 0 Å². The van der Waals surface area contributed by atoms with Crippen molar-refractivity contribution < 1.29 is 9.90 Å². The maximum absolute atomic E-state index is 11.6. The van der Waals surface area contributed by atoms with Crippen molar-refractivity contribution in [2.24, 2.45) is 5.92 Å². The zero-order chi connectivity index (χ0) is 10.8. The van der Waals surface area contributed by atoms with Crippen molar-refractivity contribution in [1.29, 1.82) is 0 Å². The van der Waals surface area contributed by atoms with Gasteiger partial charge in [0.1, 0.15) is 0 Å². The standard InChI is InChI=1S/C10H12ClNO2S/c11-7-3-9(15-5-7)10(14)12-8-1-6(2-8)4-13/h3,5-6,8,13H,1-2,4H2,(H,12,14). The van der Waals surface area contributed by atoms with Crippen molar-refractivity contribution in [3.63, 3.8) is 0 Å². The monoisotopic (exact) mass is 245 g/mol. The second kappa shape index (κ2) is 4.51. The Kier molecular flexibility index (Phi) is 3.29. The molecule has 1 amide bonds. The molecule has 82 valence electrons. The number of thiophene rings is 1. The maximum atomic E-state index is 11.6. The summed E-state index contributed by atoms with van der Waals surface area (Å²) in [7, 11) is 0. The van der Waals surface area contributed by atoms with Crippen LogP contribution in [0.2, 0.25) is 5.02 Å². The summed E-state index contributed by atoms with van der Waals surface area (Å²) in [6.07, 6.45) is 1.75. The summed E-state index contributed by atoms with van der Waals surface area (Å²) < 4.78 is 0. The van der Waals surface area contributed by atoms with Gasteiger partial charge in [-0.25, -0.2) is 0 Å². The lowest BCUT2D eigenvalue weighted by Crippen LogP contribution is -2.45. The Morgan fingerprint density at radius 3 is 2.93 bits per heavy atom. The first-order valence-corrected chi connectivity index (χ1v) is 6.10. The molecule has 2 rings (SSSR count). The molecule has 0 bridgehead atoms. The number of amides is 1. The molecule has 0 unspecified atom stereocenters. The predicted molar refractivity (Wildman–Crippen MR) is 60.4 cm³/mol. The Morgan fingerprint density at radius 1 is 1.67 bits per heavy atom. The molecule has 1 fully saturated rings. The van der Waals surface area contributed by atoms with Crippen molar-refractivity contribution in [2.75, 3.05) is 6.61 Å². The fraction of sp³-hybridized carbons (Fsp3) is 0.500. The van der Waals surface area contributed by atoms with Crippen LogP contribution in [0.25, 0.3) is 0 Å². The molecule has 1 aliphatic rings. The average molecular weight is 246 g/mol. The summed E-state index contributed by atoms with van der Waals surface area (Å²) in [6, 6.07) is 1.89. The number of rotatable bonds is 3. The third kappa shape index (κ3) is 2.51. The molecule has 5 heteroatoms. The van der Waals surface area contributed by atoms with Crippen molar-refractivity contribution in [3.05, 3.63) is 21.3 Å². The molecule has 0 aliphatic heterocycles. The Labute approximate surface area is 97.1 Å². The predicted octanol–water partition coefficient (Wildman–Crippen LogP) is 1.90. The summed E-state index contributed by atoms with van der Waals surface area (Å²) in [4.78, 5) is 12.3. The van der Waals surface area contributed by atoms with Crippen molar-refractivity contribution in [3.8, 4) is 0 Å². The third-order valence-corrected chi connectivity index (χ3v) is 3.90. The Bertz CT molecular complexity index is 360. The van der Waals surface area contributed by atoms with E-state index in [1.54, 1.807) is 11.4 Å². The van der Waals surface area contributed by atoms with Crippen LogP contribution in [0.15, 0.2) is 11.4 Å². The van der Waals surface area contributed by atoms with Gasteiger partial charge in [-0.2, -0.15) is 0 Å². The minimum Gasteiger partial charge on any atom is -0.396 e. The van der Waals surface area contributed by atoms with E-state index in [1.165, 1.54) is 11.3 Å².